The van der Waals surface area contributed by atoms with Gasteiger partial charge in [0, 0.05) is 18.6 Å². The minimum atomic E-state index is 0.283. The molecule has 0 amide bonds. The average molecular weight is 295 g/mol. The first-order valence-corrected chi connectivity index (χ1v) is 7.45. The zero-order chi connectivity index (χ0) is 15.2. The Bertz CT molecular complexity index is 452. The van der Waals surface area contributed by atoms with E-state index in [1.54, 1.807) is 0 Å². The molecular formula is C13H25N7O. The molecule has 0 bridgehead atoms. The summed E-state index contributed by atoms with van der Waals surface area (Å²) >= 11 is 0. The Balaban J connectivity index is 1.94. The van der Waals surface area contributed by atoms with Crippen LogP contribution in [0.1, 0.15) is 33.1 Å². The first kappa shape index (κ1) is 15.7. The molecule has 4 N–H and O–H groups in total. The molecule has 1 aromatic heterocycles. The second-order valence-corrected chi connectivity index (χ2v) is 5.38. The normalized spacial score (nSPS) is 15.9. The summed E-state index contributed by atoms with van der Waals surface area (Å²) in [4.78, 5) is 14.9. The fraction of sp³-hybridized carbons (Fsp3) is 0.769. The van der Waals surface area contributed by atoms with Crippen molar-refractivity contribution in [3.8, 4) is 6.01 Å². The van der Waals surface area contributed by atoms with Crippen LogP contribution >= 0.6 is 0 Å². The highest BCUT2D eigenvalue weighted by atomic mass is 16.5. The zero-order valence-electron chi connectivity index (χ0n) is 13.0. The first-order chi connectivity index (χ1) is 10.1. The molecule has 21 heavy (non-hydrogen) atoms. The molecule has 2 rings (SSSR count). The molecule has 1 saturated carbocycles. The Morgan fingerprint density at radius 2 is 2.05 bits per heavy atom. The predicted octanol–water partition coefficient (Wildman–Crippen LogP) is 0.841. The van der Waals surface area contributed by atoms with Crippen LogP contribution in [0.15, 0.2) is 0 Å². The lowest BCUT2D eigenvalue weighted by Crippen LogP contribution is -2.36. The Morgan fingerprint density at radius 3 is 2.67 bits per heavy atom. The maximum Gasteiger partial charge on any atom is 0.323 e. The SMILES string of the molecule is CCCOc1nc(NN)nc(NCC(C)N(C)C2CC2)n1. The zero-order valence-corrected chi connectivity index (χ0v) is 13.0. The van der Waals surface area contributed by atoms with Gasteiger partial charge < -0.3 is 10.1 Å². The summed E-state index contributed by atoms with van der Waals surface area (Å²) in [6.07, 6.45) is 3.48. The summed E-state index contributed by atoms with van der Waals surface area (Å²) in [6, 6.07) is 1.42. The third-order valence-electron chi connectivity index (χ3n) is 3.55. The van der Waals surface area contributed by atoms with E-state index in [1.165, 1.54) is 12.8 Å². The second-order valence-electron chi connectivity index (χ2n) is 5.38. The van der Waals surface area contributed by atoms with Gasteiger partial charge in [-0.1, -0.05) is 6.92 Å². The van der Waals surface area contributed by atoms with Crippen LogP contribution in [-0.4, -0.2) is 52.1 Å². The Labute approximate surface area is 125 Å². The lowest BCUT2D eigenvalue weighted by Gasteiger charge is -2.24. The molecule has 0 radical (unpaired) electrons. The first-order valence-electron chi connectivity index (χ1n) is 7.45. The number of nitrogens with two attached hydrogens (primary N) is 1. The molecule has 1 fully saturated rings. The number of nitrogen functional groups attached to an aromatic ring is 1. The number of rotatable bonds is 9. The van der Waals surface area contributed by atoms with Crippen molar-refractivity contribution >= 4 is 11.9 Å². The van der Waals surface area contributed by atoms with Gasteiger partial charge in [-0.25, -0.2) is 5.84 Å². The highest BCUT2D eigenvalue weighted by molar-refractivity contribution is 5.35. The van der Waals surface area contributed by atoms with E-state index in [0.29, 0.717) is 24.5 Å². The number of nitrogens with one attached hydrogen (secondary N) is 2. The van der Waals surface area contributed by atoms with Crippen molar-refractivity contribution in [2.75, 3.05) is 30.9 Å². The van der Waals surface area contributed by atoms with E-state index in [9.17, 15) is 0 Å². The molecule has 1 aliphatic carbocycles. The lowest BCUT2D eigenvalue weighted by atomic mass is 10.3. The third-order valence-corrected chi connectivity index (χ3v) is 3.55. The minimum Gasteiger partial charge on any atom is -0.463 e. The van der Waals surface area contributed by atoms with Gasteiger partial charge in [-0.15, -0.1) is 0 Å². The largest absolute Gasteiger partial charge is 0.463 e. The number of nitrogens with zero attached hydrogens (tertiary/aromatic N) is 4. The number of hydrogen-bond acceptors (Lipinski definition) is 8. The van der Waals surface area contributed by atoms with Crippen molar-refractivity contribution in [2.45, 2.75) is 45.2 Å². The standard InChI is InChI=1S/C13H25N7O/c1-4-7-21-13-17-11(16-12(18-13)19-14)15-8-9(2)20(3)10-5-6-10/h9-10H,4-8,14H2,1-3H3,(H2,15,16,17,18,19). The van der Waals surface area contributed by atoms with Gasteiger partial charge in [0.05, 0.1) is 6.61 Å². The van der Waals surface area contributed by atoms with Crippen LogP contribution in [0.3, 0.4) is 0 Å². The van der Waals surface area contributed by atoms with Crippen LogP contribution < -0.4 is 21.3 Å². The van der Waals surface area contributed by atoms with Crippen molar-refractivity contribution in [1.29, 1.82) is 0 Å². The fourth-order valence-electron chi connectivity index (χ4n) is 1.98. The number of likely N-dealkylation sites (N-methyl/N-ethyl adjacent to an activating group) is 1. The highest BCUT2D eigenvalue weighted by Crippen LogP contribution is 2.26. The fourth-order valence-corrected chi connectivity index (χ4v) is 1.98. The predicted molar refractivity (Wildman–Crippen MR) is 82.2 cm³/mol. The van der Waals surface area contributed by atoms with E-state index >= 15 is 0 Å². The average Bonchev–Trinajstić information content (AvgIpc) is 3.34. The summed E-state index contributed by atoms with van der Waals surface area (Å²) in [5.41, 5.74) is 2.43. The summed E-state index contributed by atoms with van der Waals surface area (Å²) < 4.78 is 5.43. The summed E-state index contributed by atoms with van der Waals surface area (Å²) in [7, 11) is 2.15. The molecule has 0 aromatic carbocycles. The van der Waals surface area contributed by atoms with Gasteiger partial charge in [-0.3, -0.25) is 10.3 Å². The Morgan fingerprint density at radius 1 is 1.33 bits per heavy atom. The van der Waals surface area contributed by atoms with Gasteiger partial charge >= 0.3 is 6.01 Å². The quantitative estimate of drug-likeness (QED) is 0.455. The van der Waals surface area contributed by atoms with Gasteiger partial charge in [0.25, 0.3) is 0 Å². The van der Waals surface area contributed by atoms with Crippen LogP contribution in [-0.2, 0) is 0 Å². The van der Waals surface area contributed by atoms with E-state index in [4.69, 9.17) is 10.6 Å². The molecule has 1 heterocycles. The van der Waals surface area contributed by atoms with Gasteiger partial charge in [0.15, 0.2) is 0 Å². The molecule has 8 nitrogen and oxygen atoms in total. The van der Waals surface area contributed by atoms with Crippen molar-refractivity contribution in [1.82, 2.24) is 19.9 Å². The molecule has 1 atom stereocenters. The van der Waals surface area contributed by atoms with Crippen molar-refractivity contribution in [3.63, 3.8) is 0 Å². The van der Waals surface area contributed by atoms with Crippen molar-refractivity contribution in [3.05, 3.63) is 0 Å². The number of ether oxygens (including phenoxy) is 1. The Hall–Kier alpha value is -1.67. The molecule has 0 aliphatic heterocycles. The molecular weight excluding hydrogens is 270 g/mol. The molecule has 8 heteroatoms. The minimum absolute atomic E-state index is 0.283. The van der Waals surface area contributed by atoms with Crippen LogP contribution in [0.5, 0.6) is 6.01 Å². The topological polar surface area (TPSA) is 101 Å². The van der Waals surface area contributed by atoms with E-state index in [0.717, 1.165) is 19.0 Å². The molecule has 118 valence electrons. The molecule has 1 unspecified atom stereocenters. The van der Waals surface area contributed by atoms with Crippen molar-refractivity contribution < 1.29 is 4.74 Å². The van der Waals surface area contributed by atoms with Gasteiger partial charge in [0.2, 0.25) is 11.9 Å². The number of aromatic nitrogens is 3. The van der Waals surface area contributed by atoms with Crippen molar-refractivity contribution in [2.24, 2.45) is 5.84 Å². The lowest BCUT2D eigenvalue weighted by molar-refractivity contribution is 0.256. The summed E-state index contributed by atoms with van der Waals surface area (Å²) in [5.74, 6) is 6.14. The Kier molecular flexibility index (Phi) is 5.51. The van der Waals surface area contributed by atoms with Gasteiger partial charge in [-0.05, 0) is 33.2 Å². The van der Waals surface area contributed by atoms with E-state index in [2.05, 4.69) is 44.6 Å². The van der Waals surface area contributed by atoms with Crippen LogP contribution in [0.4, 0.5) is 11.9 Å². The highest BCUT2D eigenvalue weighted by Gasteiger charge is 2.29. The molecule has 0 saturated heterocycles. The summed E-state index contributed by atoms with van der Waals surface area (Å²) in [5, 5.41) is 3.22. The number of anilines is 2. The smallest absolute Gasteiger partial charge is 0.323 e. The van der Waals surface area contributed by atoms with Crippen LogP contribution in [0.25, 0.3) is 0 Å². The number of hydrazine groups is 1. The van der Waals surface area contributed by atoms with E-state index in [-0.39, 0.29) is 6.01 Å². The maximum atomic E-state index is 5.43. The monoisotopic (exact) mass is 295 g/mol. The molecule has 1 aliphatic rings. The molecule has 1 aromatic rings. The van der Waals surface area contributed by atoms with E-state index < -0.39 is 0 Å². The maximum absolute atomic E-state index is 5.43. The number of hydrogen-bond donors (Lipinski definition) is 3. The molecule has 0 spiro atoms. The van der Waals surface area contributed by atoms with Gasteiger partial charge in [0.1, 0.15) is 0 Å². The summed E-state index contributed by atoms with van der Waals surface area (Å²) in [6.45, 7) is 5.53. The van der Waals surface area contributed by atoms with Crippen LogP contribution in [0, 0.1) is 0 Å². The van der Waals surface area contributed by atoms with Crippen LogP contribution in [0.2, 0.25) is 0 Å². The van der Waals surface area contributed by atoms with E-state index in [1.807, 2.05) is 6.92 Å². The second kappa shape index (κ2) is 7.37. The third kappa shape index (κ3) is 4.68. The van der Waals surface area contributed by atoms with Gasteiger partial charge in [-0.2, -0.15) is 15.0 Å².